The van der Waals surface area contributed by atoms with E-state index in [1.165, 1.54) is 35.8 Å². The molecular weight excluding hydrogens is 550 g/mol. The van der Waals surface area contributed by atoms with Crippen molar-refractivity contribution in [1.82, 2.24) is 14.2 Å². The zero-order valence-electron chi connectivity index (χ0n) is 23.5. The van der Waals surface area contributed by atoms with Gasteiger partial charge >= 0.3 is 13.3 Å². The van der Waals surface area contributed by atoms with E-state index >= 15 is 0 Å². The molecule has 0 spiro atoms. The number of rotatable bonds is 16. The summed E-state index contributed by atoms with van der Waals surface area (Å²) in [5.74, 6) is 1.32. The molecule has 1 aliphatic rings. The molecule has 2 rings (SSSR count). The summed E-state index contributed by atoms with van der Waals surface area (Å²) in [6.07, 6.45) is -0.715. The topological polar surface area (TPSA) is 135 Å². The zero-order valence-corrected chi connectivity index (χ0v) is 25.3. The summed E-state index contributed by atoms with van der Waals surface area (Å²) in [5.41, 5.74) is -1.24. The lowest BCUT2D eigenvalue weighted by molar-refractivity contribution is -0.0482. The fourth-order valence-corrected chi connectivity index (χ4v) is 7.20. The summed E-state index contributed by atoms with van der Waals surface area (Å²) in [6.45, 7) is 19.2. The average molecular weight is 591 g/mol. The number of aromatic amines is 1. The SMILES string of the molecule is [C-]#[N+]CCOP(O[C@@H]1C(OC)[C@H](n2ccc(=O)[nH]c2=O)O[C@@H]1/C=C/P(=O)(OCC)OCC)N(C(C)C)C(C)C. The van der Waals surface area contributed by atoms with Crippen LogP contribution in [0, 0.1) is 6.57 Å². The summed E-state index contributed by atoms with van der Waals surface area (Å²) >= 11 is 0. The molecule has 1 aromatic heterocycles. The van der Waals surface area contributed by atoms with Crippen LogP contribution in [0.15, 0.2) is 33.7 Å². The Morgan fingerprint density at radius 1 is 1.21 bits per heavy atom. The molecule has 220 valence electrons. The largest absolute Gasteiger partial charge is 0.374 e. The molecule has 1 N–H and O–H groups in total. The van der Waals surface area contributed by atoms with Gasteiger partial charge in [-0.05, 0) is 47.6 Å². The maximum Gasteiger partial charge on any atom is 0.353 e. The fourth-order valence-electron chi connectivity index (χ4n) is 4.11. The minimum atomic E-state index is -3.58. The van der Waals surface area contributed by atoms with Crippen molar-refractivity contribution in [2.75, 3.05) is 33.5 Å². The number of hydrogen-bond acceptors (Lipinski definition) is 10. The minimum absolute atomic E-state index is 0.0371. The molecule has 0 amide bonds. The molecule has 2 heterocycles. The molecule has 0 radical (unpaired) electrons. The summed E-state index contributed by atoms with van der Waals surface area (Å²) in [6, 6.07) is 1.28. The van der Waals surface area contributed by atoms with E-state index < -0.39 is 51.9 Å². The van der Waals surface area contributed by atoms with Crippen LogP contribution < -0.4 is 11.2 Å². The standard InChI is InChI=1S/C24H40N4O9P2/c1-9-34-39(31,35-10-2)16-12-19-21(37-38(33-15-13-25-7)28(17(3)4)18(5)6)22(32-8)23(36-19)27-14-11-20(29)26-24(27)30/h11-12,14,16-19,21-23H,9-10,13,15H2,1-6,8H3,(H,26,29,30)/b16-12+/t19-,21+,22?,23-,38?/m1/s1. The Balaban J connectivity index is 2.56. The number of nitrogens with one attached hydrogen (secondary N) is 1. The lowest BCUT2D eigenvalue weighted by atomic mass is 10.1. The van der Waals surface area contributed by atoms with Gasteiger partial charge in [-0.15, -0.1) is 0 Å². The molecule has 1 fully saturated rings. The van der Waals surface area contributed by atoms with Gasteiger partial charge in [0.15, 0.2) is 6.23 Å². The summed E-state index contributed by atoms with van der Waals surface area (Å²) in [5, 5.41) is 0. The Bertz CT molecular complexity index is 1120. The first-order chi connectivity index (χ1) is 18.5. The Hall–Kier alpha value is -1.71. The molecule has 0 aromatic carbocycles. The van der Waals surface area contributed by atoms with Crippen LogP contribution in [0.1, 0.15) is 47.8 Å². The third kappa shape index (κ3) is 9.15. The van der Waals surface area contributed by atoms with Gasteiger partial charge in [0.25, 0.3) is 14.1 Å². The molecule has 5 atom stereocenters. The smallest absolute Gasteiger partial charge is 0.353 e. The van der Waals surface area contributed by atoms with Gasteiger partial charge in [-0.1, -0.05) is 0 Å². The van der Waals surface area contributed by atoms with Crippen LogP contribution in [0.4, 0.5) is 0 Å². The molecule has 39 heavy (non-hydrogen) atoms. The Morgan fingerprint density at radius 2 is 1.85 bits per heavy atom. The van der Waals surface area contributed by atoms with Crippen LogP contribution in [0.2, 0.25) is 0 Å². The monoisotopic (exact) mass is 590 g/mol. The van der Waals surface area contributed by atoms with Crippen LogP contribution in [-0.2, 0) is 32.1 Å². The molecule has 0 aliphatic carbocycles. The second kappa shape index (κ2) is 15.9. The second-order valence-electron chi connectivity index (χ2n) is 9.02. The highest BCUT2D eigenvalue weighted by atomic mass is 31.2. The van der Waals surface area contributed by atoms with Crippen LogP contribution in [-0.4, -0.2) is 78.1 Å². The highest BCUT2D eigenvalue weighted by Gasteiger charge is 2.49. The summed E-state index contributed by atoms with van der Waals surface area (Å²) in [7, 11) is -3.85. The predicted octanol–water partition coefficient (Wildman–Crippen LogP) is 3.90. The van der Waals surface area contributed by atoms with Gasteiger partial charge in [-0.3, -0.25) is 18.9 Å². The fraction of sp³-hybridized carbons (Fsp3) is 0.708. The number of methoxy groups -OCH3 is 1. The van der Waals surface area contributed by atoms with Gasteiger partial charge in [0, 0.05) is 37.3 Å². The van der Waals surface area contributed by atoms with Crippen molar-refractivity contribution >= 4 is 16.1 Å². The minimum Gasteiger partial charge on any atom is -0.374 e. The van der Waals surface area contributed by atoms with Gasteiger partial charge in [0.2, 0.25) is 6.54 Å². The van der Waals surface area contributed by atoms with E-state index in [9.17, 15) is 14.2 Å². The zero-order chi connectivity index (χ0) is 29.2. The van der Waals surface area contributed by atoms with Gasteiger partial charge < -0.3 is 32.4 Å². The molecule has 1 aromatic rings. The van der Waals surface area contributed by atoms with Gasteiger partial charge in [-0.2, -0.15) is 0 Å². The van der Waals surface area contributed by atoms with Gasteiger partial charge in [-0.25, -0.2) is 16.0 Å². The van der Waals surface area contributed by atoms with Gasteiger partial charge in [0.05, 0.1) is 13.2 Å². The normalized spacial score (nSPS) is 22.8. The summed E-state index contributed by atoms with van der Waals surface area (Å²) < 4.78 is 51.8. The number of aromatic nitrogens is 2. The van der Waals surface area contributed by atoms with E-state index in [0.717, 1.165) is 0 Å². The molecule has 0 saturated carbocycles. The van der Waals surface area contributed by atoms with Crippen LogP contribution in [0.25, 0.3) is 4.85 Å². The van der Waals surface area contributed by atoms with Crippen molar-refractivity contribution in [3.05, 3.63) is 56.4 Å². The highest BCUT2D eigenvalue weighted by Crippen LogP contribution is 2.52. The van der Waals surface area contributed by atoms with Gasteiger partial charge in [0.1, 0.15) is 24.9 Å². The van der Waals surface area contributed by atoms with Crippen LogP contribution >= 0.6 is 16.1 Å². The van der Waals surface area contributed by atoms with Crippen molar-refractivity contribution in [2.24, 2.45) is 0 Å². The van der Waals surface area contributed by atoms with E-state index in [4.69, 9.17) is 34.1 Å². The number of nitrogens with zero attached hydrogens (tertiary/aromatic N) is 3. The third-order valence-electron chi connectivity index (χ3n) is 5.56. The maximum atomic E-state index is 13.1. The number of ether oxygens (including phenoxy) is 2. The van der Waals surface area contributed by atoms with Crippen molar-refractivity contribution in [3.8, 4) is 0 Å². The van der Waals surface area contributed by atoms with Crippen LogP contribution in [0.3, 0.4) is 0 Å². The first-order valence-corrected chi connectivity index (χ1v) is 15.5. The second-order valence-corrected chi connectivity index (χ2v) is 12.3. The Labute approximate surface area is 230 Å². The van der Waals surface area contributed by atoms with Crippen molar-refractivity contribution in [3.63, 3.8) is 0 Å². The predicted molar refractivity (Wildman–Crippen MR) is 147 cm³/mol. The maximum absolute atomic E-state index is 13.1. The third-order valence-corrected chi connectivity index (χ3v) is 9.46. The van der Waals surface area contributed by atoms with Crippen molar-refractivity contribution < 1.29 is 32.1 Å². The van der Waals surface area contributed by atoms with E-state index in [0.29, 0.717) is 0 Å². The van der Waals surface area contributed by atoms with Crippen molar-refractivity contribution in [1.29, 1.82) is 0 Å². The quantitative estimate of drug-likeness (QED) is 0.172. The van der Waals surface area contributed by atoms with E-state index in [1.807, 2.05) is 27.7 Å². The lowest BCUT2D eigenvalue weighted by Gasteiger charge is -2.37. The van der Waals surface area contributed by atoms with E-state index in [2.05, 4.69) is 14.5 Å². The lowest BCUT2D eigenvalue weighted by Crippen LogP contribution is -2.41. The molecule has 1 aliphatic heterocycles. The number of H-pyrrole nitrogens is 1. The summed E-state index contributed by atoms with van der Waals surface area (Å²) in [4.78, 5) is 29.9. The first kappa shape index (κ1) is 33.5. The molecule has 2 unspecified atom stereocenters. The number of hydrogen-bond donors (Lipinski definition) is 1. The van der Waals surface area contributed by atoms with E-state index in [1.54, 1.807) is 13.8 Å². The molecular formula is C24H40N4O9P2. The average Bonchev–Trinajstić information content (AvgIpc) is 3.19. The van der Waals surface area contributed by atoms with Crippen LogP contribution in [0.5, 0.6) is 0 Å². The molecule has 13 nitrogen and oxygen atoms in total. The Kier molecular flexibility index (Phi) is 13.7. The highest BCUT2D eigenvalue weighted by molar-refractivity contribution is 7.57. The van der Waals surface area contributed by atoms with Crippen molar-refractivity contribution in [2.45, 2.75) is 78.2 Å². The van der Waals surface area contributed by atoms with E-state index in [-0.39, 0.29) is 38.4 Å². The first-order valence-electron chi connectivity index (χ1n) is 12.8. The molecule has 15 heteroatoms. The molecule has 1 saturated heterocycles. The molecule has 0 bridgehead atoms. The Morgan fingerprint density at radius 3 is 2.36 bits per heavy atom.